The van der Waals surface area contributed by atoms with Gasteiger partial charge in [-0.15, -0.1) is 0 Å². The third-order valence-electron chi connectivity index (χ3n) is 3.82. The summed E-state index contributed by atoms with van der Waals surface area (Å²) in [5, 5.41) is 3.69. The lowest BCUT2D eigenvalue weighted by Gasteiger charge is -2.25. The van der Waals surface area contributed by atoms with E-state index in [2.05, 4.69) is 62.3 Å². The Morgan fingerprint density at radius 1 is 1.05 bits per heavy atom. The number of hydrogen-bond acceptors (Lipinski definition) is 2. The van der Waals surface area contributed by atoms with Crippen molar-refractivity contribution in [3.63, 3.8) is 0 Å². The Kier molecular flexibility index (Phi) is 8.56. The van der Waals surface area contributed by atoms with E-state index >= 15 is 0 Å². The Morgan fingerprint density at radius 2 is 1.75 bits per heavy atom. The normalized spacial score (nSPS) is 12.8. The van der Waals surface area contributed by atoms with Gasteiger partial charge in [0.15, 0.2) is 0 Å². The molecule has 1 aromatic carbocycles. The summed E-state index contributed by atoms with van der Waals surface area (Å²) in [7, 11) is 2.23. The number of rotatable bonds is 10. The minimum absolute atomic E-state index is 0.447. The molecule has 0 saturated heterocycles. The van der Waals surface area contributed by atoms with E-state index in [1.165, 1.54) is 36.9 Å². The summed E-state index contributed by atoms with van der Waals surface area (Å²) in [6.45, 7) is 10.1. The smallest absolute Gasteiger partial charge is 0.0449 e. The van der Waals surface area contributed by atoms with Crippen LogP contribution in [0.15, 0.2) is 24.3 Å². The molecule has 1 atom stereocenters. The maximum absolute atomic E-state index is 3.69. The maximum Gasteiger partial charge on any atom is 0.0449 e. The van der Waals surface area contributed by atoms with Crippen LogP contribution in [0.5, 0.6) is 0 Å². The van der Waals surface area contributed by atoms with Crippen molar-refractivity contribution in [3.05, 3.63) is 35.4 Å². The lowest BCUT2D eigenvalue weighted by atomic mass is 10.0. The van der Waals surface area contributed by atoms with Crippen molar-refractivity contribution in [2.75, 3.05) is 26.7 Å². The molecule has 0 heterocycles. The highest BCUT2D eigenvalue weighted by Crippen LogP contribution is 2.16. The number of likely N-dealkylation sites (N-methyl/N-ethyl adjacent to an activating group) is 1. The van der Waals surface area contributed by atoms with Crippen LogP contribution in [0.3, 0.4) is 0 Å². The van der Waals surface area contributed by atoms with Crippen LogP contribution in [-0.2, 0) is 6.42 Å². The lowest BCUT2D eigenvalue weighted by molar-refractivity contribution is 0.286. The average Bonchev–Trinajstić information content (AvgIpc) is 2.49. The molecule has 0 fully saturated rings. The number of hydrogen-bond donors (Lipinski definition) is 1. The summed E-state index contributed by atoms with van der Waals surface area (Å²) in [6.07, 6.45) is 4.85. The maximum atomic E-state index is 3.69. The Hall–Kier alpha value is -0.860. The topological polar surface area (TPSA) is 15.3 Å². The molecule has 1 unspecified atom stereocenters. The number of benzene rings is 1. The molecule has 1 rings (SSSR count). The summed E-state index contributed by atoms with van der Waals surface area (Å²) in [5.41, 5.74) is 2.83. The van der Waals surface area contributed by atoms with E-state index < -0.39 is 0 Å². The molecule has 0 aliphatic carbocycles. The SMILES string of the molecule is CCCCN(C)CC(NCCC)c1ccc(CC)cc1. The molecule has 0 aliphatic rings. The molecule has 1 N–H and O–H groups in total. The van der Waals surface area contributed by atoms with Gasteiger partial charge in [-0.05, 0) is 50.5 Å². The predicted molar refractivity (Wildman–Crippen MR) is 89.3 cm³/mol. The van der Waals surface area contributed by atoms with Crippen molar-refractivity contribution in [2.24, 2.45) is 0 Å². The molecule has 0 spiro atoms. The molecule has 2 heteroatoms. The highest BCUT2D eigenvalue weighted by Gasteiger charge is 2.13. The number of nitrogens with zero attached hydrogens (tertiary/aromatic N) is 1. The summed E-state index contributed by atoms with van der Waals surface area (Å²) < 4.78 is 0. The van der Waals surface area contributed by atoms with Crippen LogP contribution in [0.1, 0.15) is 57.2 Å². The van der Waals surface area contributed by atoms with Crippen molar-refractivity contribution in [1.82, 2.24) is 10.2 Å². The lowest BCUT2D eigenvalue weighted by Crippen LogP contribution is -2.34. The van der Waals surface area contributed by atoms with Crippen LogP contribution in [-0.4, -0.2) is 31.6 Å². The van der Waals surface area contributed by atoms with Crippen LogP contribution in [0.4, 0.5) is 0 Å². The van der Waals surface area contributed by atoms with Crippen LogP contribution in [0.25, 0.3) is 0 Å². The second-order valence-corrected chi connectivity index (χ2v) is 5.72. The summed E-state index contributed by atoms with van der Waals surface area (Å²) in [4.78, 5) is 2.45. The second kappa shape index (κ2) is 9.95. The van der Waals surface area contributed by atoms with Gasteiger partial charge in [-0.1, -0.05) is 51.5 Å². The third-order valence-corrected chi connectivity index (χ3v) is 3.82. The molecule has 2 nitrogen and oxygen atoms in total. The molecule has 0 amide bonds. The third kappa shape index (κ3) is 6.06. The van der Waals surface area contributed by atoms with Gasteiger partial charge in [-0.3, -0.25) is 0 Å². The van der Waals surface area contributed by atoms with Gasteiger partial charge >= 0.3 is 0 Å². The van der Waals surface area contributed by atoms with Gasteiger partial charge in [0.25, 0.3) is 0 Å². The molecule has 114 valence electrons. The van der Waals surface area contributed by atoms with Gasteiger partial charge in [0.1, 0.15) is 0 Å². The molecule has 0 saturated carbocycles. The Balaban J connectivity index is 2.66. The van der Waals surface area contributed by atoms with Gasteiger partial charge in [0, 0.05) is 12.6 Å². The first kappa shape index (κ1) is 17.2. The van der Waals surface area contributed by atoms with Crippen molar-refractivity contribution >= 4 is 0 Å². The molecule has 1 aromatic rings. The second-order valence-electron chi connectivity index (χ2n) is 5.72. The summed E-state index contributed by atoms with van der Waals surface area (Å²) >= 11 is 0. The standard InChI is InChI=1S/C18H32N2/c1-5-8-14-20(4)15-18(19-13-6-2)17-11-9-16(7-3)10-12-17/h9-12,18-19H,5-8,13-15H2,1-4H3. The van der Waals surface area contributed by atoms with Crippen LogP contribution in [0, 0.1) is 0 Å². The van der Waals surface area contributed by atoms with E-state index in [1.807, 2.05) is 0 Å². The fourth-order valence-electron chi connectivity index (χ4n) is 2.42. The molecule has 0 radical (unpaired) electrons. The molecule has 20 heavy (non-hydrogen) atoms. The predicted octanol–water partition coefficient (Wildman–Crippen LogP) is 4.02. The first-order valence-electron chi connectivity index (χ1n) is 8.22. The quantitative estimate of drug-likeness (QED) is 0.694. The van der Waals surface area contributed by atoms with E-state index in [9.17, 15) is 0 Å². The number of unbranched alkanes of at least 4 members (excludes halogenated alkanes) is 1. The largest absolute Gasteiger partial charge is 0.309 e. The number of nitrogens with one attached hydrogen (secondary N) is 1. The fraction of sp³-hybridized carbons (Fsp3) is 0.667. The van der Waals surface area contributed by atoms with Crippen LogP contribution in [0.2, 0.25) is 0 Å². The van der Waals surface area contributed by atoms with Gasteiger partial charge < -0.3 is 10.2 Å². The molecule has 0 aliphatic heterocycles. The van der Waals surface area contributed by atoms with Gasteiger partial charge in [0.05, 0.1) is 0 Å². The first-order chi connectivity index (χ1) is 9.71. The van der Waals surface area contributed by atoms with Crippen molar-refractivity contribution in [2.45, 2.75) is 52.5 Å². The Labute approximate surface area is 125 Å². The minimum atomic E-state index is 0.447. The van der Waals surface area contributed by atoms with Crippen molar-refractivity contribution < 1.29 is 0 Å². The zero-order valence-corrected chi connectivity index (χ0v) is 13.8. The fourth-order valence-corrected chi connectivity index (χ4v) is 2.42. The zero-order valence-electron chi connectivity index (χ0n) is 13.8. The highest BCUT2D eigenvalue weighted by atomic mass is 15.1. The van der Waals surface area contributed by atoms with Crippen molar-refractivity contribution in [3.8, 4) is 0 Å². The summed E-state index contributed by atoms with van der Waals surface area (Å²) in [5.74, 6) is 0. The average molecular weight is 276 g/mol. The van der Waals surface area contributed by atoms with E-state index in [-0.39, 0.29) is 0 Å². The minimum Gasteiger partial charge on any atom is -0.309 e. The zero-order chi connectivity index (χ0) is 14.8. The molecular formula is C18H32N2. The first-order valence-corrected chi connectivity index (χ1v) is 8.22. The van der Waals surface area contributed by atoms with E-state index in [0.29, 0.717) is 6.04 Å². The monoisotopic (exact) mass is 276 g/mol. The van der Waals surface area contributed by atoms with Crippen molar-refractivity contribution in [1.29, 1.82) is 0 Å². The van der Waals surface area contributed by atoms with Gasteiger partial charge in [0.2, 0.25) is 0 Å². The van der Waals surface area contributed by atoms with E-state index in [1.54, 1.807) is 0 Å². The van der Waals surface area contributed by atoms with Crippen LogP contribution >= 0.6 is 0 Å². The van der Waals surface area contributed by atoms with Crippen LogP contribution < -0.4 is 5.32 Å². The van der Waals surface area contributed by atoms with E-state index in [4.69, 9.17) is 0 Å². The summed E-state index contributed by atoms with van der Waals surface area (Å²) in [6, 6.07) is 9.56. The Bertz CT molecular complexity index is 345. The highest BCUT2D eigenvalue weighted by molar-refractivity contribution is 5.25. The van der Waals surface area contributed by atoms with Gasteiger partial charge in [-0.2, -0.15) is 0 Å². The number of aryl methyl sites for hydroxylation is 1. The molecule has 0 aromatic heterocycles. The van der Waals surface area contributed by atoms with E-state index in [0.717, 1.165) is 19.5 Å². The van der Waals surface area contributed by atoms with Gasteiger partial charge in [-0.25, -0.2) is 0 Å². The Morgan fingerprint density at radius 3 is 2.30 bits per heavy atom. The molecule has 0 bridgehead atoms. The molecular weight excluding hydrogens is 244 g/mol.